The van der Waals surface area contributed by atoms with Crippen LogP contribution in [0.2, 0.25) is 0 Å². The molecular formula is C17H29ClN4OS. The fraction of sp³-hybridized carbons (Fsp3) is 0.765. The van der Waals surface area contributed by atoms with Crippen molar-refractivity contribution in [1.82, 2.24) is 20.5 Å². The van der Waals surface area contributed by atoms with Crippen LogP contribution in [0.5, 0.6) is 0 Å². The van der Waals surface area contributed by atoms with Gasteiger partial charge in [-0.1, -0.05) is 6.92 Å². The molecule has 2 atom stereocenters. The van der Waals surface area contributed by atoms with Crippen molar-refractivity contribution < 1.29 is 4.79 Å². The molecule has 1 aromatic rings. The van der Waals surface area contributed by atoms with E-state index in [0.29, 0.717) is 5.92 Å². The first-order chi connectivity index (χ1) is 11.2. The minimum absolute atomic E-state index is 0. The van der Waals surface area contributed by atoms with E-state index in [0.717, 1.165) is 52.0 Å². The number of amides is 1. The van der Waals surface area contributed by atoms with Gasteiger partial charge in [-0.2, -0.15) is 0 Å². The molecule has 2 saturated heterocycles. The summed E-state index contributed by atoms with van der Waals surface area (Å²) in [6, 6.07) is 0.0390. The van der Waals surface area contributed by atoms with Gasteiger partial charge in [-0.25, -0.2) is 4.98 Å². The lowest BCUT2D eigenvalue weighted by molar-refractivity contribution is -0.123. The Balaban J connectivity index is 0.00000208. The van der Waals surface area contributed by atoms with Crippen LogP contribution in [0.1, 0.15) is 43.3 Å². The lowest BCUT2D eigenvalue weighted by Gasteiger charge is -2.32. The lowest BCUT2D eigenvalue weighted by Crippen LogP contribution is -2.45. The number of hydrogen-bond donors (Lipinski definition) is 2. The summed E-state index contributed by atoms with van der Waals surface area (Å²) in [5, 5.41) is 9.83. The Morgan fingerprint density at radius 2 is 2.33 bits per heavy atom. The van der Waals surface area contributed by atoms with Crippen LogP contribution in [0.3, 0.4) is 0 Å². The van der Waals surface area contributed by atoms with Crippen molar-refractivity contribution in [1.29, 1.82) is 0 Å². The van der Waals surface area contributed by atoms with E-state index in [2.05, 4.69) is 32.8 Å². The maximum atomic E-state index is 12.1. The first-order valence-electron chi connectivity index (χ1n) is 8.91. The predicted octanol–water partition coefficient (Wildman–Crippen LogP) is 2.21. The zero-order chi connectivity index (χ0) is 16.1. The molecule has 2 N–H and O–H groups in total. The Labute approximate surface area is 155 Å². The number of likely N-dealkylation sites (tertiary alicyclic amines) is 1. The highest BCUT2D eigenvalue weighted by Crippen LogP contribution is 2.19. The fourth-order valence-corrected chi connectivity index (χ4v) is 4.29. The summed E-state index contributed by atoms with van der Waals surface area (Å²) in [7, 11) is 0. The van der Waals surface area contributed by atoms with Crippen LogP contribution in [-0.2, 0) is 17.8 Å². The Kier molecular flexibility index (Phi) is 7.94. The molecule has 2 fully saturated rings. The number of carbonyl (C=O) groups is 1. The Bertz CT molecular complexity index is 518. The molecule has 5 nitrogen and oxygen atoms in total. The number of nitrogens with zero attached hydrogens (tertiary/aromatic N) is 2. The van der Waals surface area contributed by atoms with Gasteiger partial charge in [-0.15, -0.1) is 23.7 Å². The Morgan fingerprint density at radius 1 is 1.46 bits per heavy atom. The summed E-state index contributed by atoms with van der Waals surface area (Å²) in [4.78, 5) is 19.3. The molecule has 136 valence electrons. The van der Waals surface area contributed by atoms with E-state index in [1.54, 1.807) is 11.3 Å². The quantitative estimate of drug-likeness (QED) is 0.803. The largest absolute Gasteiger partial charge is 0.354 e. The molecule has 7 heteroatoms. The monoisotopic (exact) mass is 372 g/mol. The molecule has 0 aliphatic carbocycles. The third-order valence-corrected chi connectivity index (χ3v) is 5.87. The van der Waals surface area contributed by atoms with Crippen LogP contribution in [0.4, 0.5) is 0 Å². The second-order valence-corrected chi connectivity index (χ2v) is 7.67. The third kappa shape index (κ3) is 5.41. The van der Waals surface area contributed by atoms with Crippen LogP contribution in [0, 0.1) is 5.92 Å². The molecule has 3 heterocycles. The molecule has 0 spiro atoms. The zero-order valence-corrected chi connectivity index (χ0v) is 16.1. The van der Waals surface area contributed by atoms with E-state index in [9.17, 15) is 4.79 Å². The highest BCUT2D eigenvalue weighted by atomic mass is 35.5. The van der Waals surface area contributed by atoms with Gasteiger partial charge in [0.1, 0.15) is 0 Å². The van der Waals surface area contributed by atoms with Gasteiger partial charge in [0.2, 0.25) is 5.91 Å². The molecule has 24 heavy (non-hydrogen) atoms. The van der Waals surface area contributed by atoms with Crippen molar-refractivity contribution in [2.45, 2.75) is 51.6 Å². The van der Waals surface area contributed by atoms with Crippen molar-refractivity contribution in [3.05, 3.63) is 16.1 Å². The Hall–Kier alpha value is -0.690. The van der Waals surface area contributed by atoms with E-state index in [1.165, 1.54) is 23.5 Å². The average molecular weight is 373 g/mol. The standard InChI is InChI=1S/C17H28N4OS.ClH/c1-2-16-20-14(12-23-16)11-21-8-4-5-13(10-21)9-19-17(22)15-6-3-7-18-15;/h12-13,15,18H,2-11H2,1H3,(H,19,22);1H. The van der Waals surface area contributed by atoms with Crippen LogP contribution in [-0.4, -0.2) is 48.0 Å². The van der Waals surface area contributed by atoms with E-state index >= 15 is 0 Å². The van der Waals surface area contributed by atoms with Crippen molar-refractivity contribution in [3.8, 4) is 0 Å². The number of aryl methyl sites for hydroxylation is 1. The molecular weight excluding hydrogens is 344 g/mol. The topological polar surface area (TPSA) is 57.3 Å². The van der Waals surface area contributed by atoms with Gasteiger partial charge in [-0.05, 0) is 51.1 Å². The summed E-state index contributed by atoms with van der Waals surface area (Å²) in [6.07, 6.45) is 5.54. The van der Waals surface area contributed by atoms with Gasteiger partial charge in [0, 0.05) is 25.0 Å². The average Bonchev–Trinajstić information content (AvgIpc) is 3.24. The molecule has 0 bridgehead atoms. The summed E-state index contributed by atoms with van der Waals surface area (Å²) in [5.74, 6) is 0.755. The van der Waals surface area contributed by atoms with E-state index in [4.69, 9.17) is 0 Å². The van der Waals surface area contributed by atoms with Crippen molar-refractivity contribution >= 4 is 29.7 Å². The molecule has 0 aromatic carbocycles. The van der Waals surface area contributed by atoms with Crippen LogP contribution in [0.25, 0.3) is 0 Å². The second kappa shape index (κ2) is 9.70. The van der Waals surface area contributed by atoms with Crippen molar-refractivity contribution in [3.63, 3.8) is 0 Å². The molecule has 1 aromatic heterocycles. The van der Waals surface area contributed by atoms with Crippen LogP contribution < -0.4 is 10.6 Å². The minimum atomic E-state index is 0. The number of carbonyl (C=O) groups excluding carboxylic acids is 1. The number of nitrogens with one attached hydrogen (secondary N) is 2. The molecule has 3 rings (SSSR count). The van der Waals surface area contributed by atoms with Gasteiger partial charge >= 0.3 is 0 Å². The smallest absolute Gasteiger partial charge is 0.237 e. The number of aromatic nitrogens is 1. The minimum Gasteiger partial charge on any atom is -0.354 e. The van der Waals surface area contributed by atoms with Gasteiger partial charge in [0.15, 0.2) is 0 Å². The van der Waals surface area contributed by atoms with Gasteiger partial charge in [0.05, 0.1) is 16.7 Å². The van der Waals surface area contributed by atoms with E-state index < -0.39 is 0 Å². The molecule has 0 saturated carbocycles. The lowest BCUT2D eigenvalue weighted by atomic mass is 9.97. The zero-order valence-electron chi connectivity index (χ0n) is 14.4. The number of thiazole rings is 1. The molecule has 1 amide bonds. The molecule has 2 unspecified atom stereocenters. The first kappa shape index (κ1) is 19.6. The normalized spacial score (nSPS) is 24.5. The highest BCUT2D eigenvalue weighted by molar-refractivity contribution is 7.09. The van der Waals surface area contributed by atoms with Gasteiger partial charge in [0.25, 0.3) is 0 Å². The molecule has 2 aliphatic heterocycles. The fourth-order valence-electron chi connectivity index (χ4n) is 3.55. The van der Waals surface area contributed by atoms with Crippen LogP contribution >= 0.6 is 23.7 Å². The van der Waals surface area contributed by atoms with Crippen molar-refractivity contribution in [2.24, 2.45) is 5.92 Å². The van der Waals surface area contributed by atoms with Gasteiger partial charge in [-0.3, -0.25) is 9.69 Å². The summed E-state index contributed by atoms with van der Waals surface area (Å²) < 4.78 is 0. The third-order valence-electron chi connectivity index (χ3n) is 4.83. The maximum absolute atomic E-state index is 12.1. The number of halogens is 1. The first-order valence-corrected chi connectivity index (χ1v) is 9.79. The van der Waals surface area contributed by atoms with Gasteiger partial charge < -0.3 is 10.6 Å². The second-order valence-electron chi connectivity index (χ2n) is 6.72. The van der Waals surface area contributed by atoms with E-state index in [1.807, 2.05) is 0 Å². The highest BCUT2D eigenvalue weighted by Gasteiger charge is 2.24. The predicted molar refractivity (Wildman–Crippen MR) is 101 cm³/mol. The molecule has 0 radical (unpaired) electrons. The summed E-state index contributed by atoms with van der Waals surface area (Å²) in [6.45, 7) is 7.10. The number of piperidine rings is 1. The summed E-state index contributed by atoms with van der Waals surface area (Å²) >= 11 is 1.77. The van der Waals surface area contributed by atoms with E-state index in [-0.39, 0.29) is 24.4 Å². The molecule has 2 aliphatic rings. The van der Waals surface area contributed by atoms with Crippen LogP contribution in [0.15, 0.2) is 5.38 Å². The number of hydrogen-bond acceptors (Lipinski definition) is 5. The maximum Gasteiger partial charge on any atom is 0.237 e. The Morgan fingerprint density at radius 3 is 3.04 bits per heavy atom. The van der Waals surface area contributed by atoms with Crippen molar-refractivity contribution in [2.75, 3.05) is 26.2 Å². The number of rotatable bonds is 6. The SMILES string of the molecule is CCc1nc(CN2CCCC(CNC(=O)C3CCCN3)C2)cs1.Cl. The summed E-state index contributed by atoms with van der Waals surface area (Å²) in [5.41, 5.74) is 1.20.